The van der Waals surface area contributed by atoms with Crippen LogP contribution < -0.4 is 10.6 Å². The number of aromatic nitrogens is 3. The average Bonchev–Trinajstić information content (AvgIpc) is 3.20. The zero-order valence-corrected chi connectivity index (χ0v) is 15.4. The van der Waals surface area contributed by atoms with E-state index in [9.17, 15) is 18.4 Å². The molecule has 0 unspecified atom stereocenters. The predicted octanol–water partition coefficient (Wildman–Crippen LogP) is 2.04. The molecule has 7 nitrogen and oxygen atoms in total. The summed E-state index contributed by atoms with van der Waals surface area (Å²) in [5.41, 5.74) is 1.72. The molecule has 0 radical (unpaired) electrons. The van der Waals surface area contributed by atoms with Crippen molar-refractivity contribution in [1.29, 1.82) is 0 Å². The van der Waals surface area contributed by atoms with Gasteiger partial charge < -0.3 is 10.6 Å². The number of hydrogen-bond donors (Lipinski definition) is 2. The Bertz CT molecular complexity index is 975. The van der Waals surface area contributed by atoms with Gasteiger partial charge in [-0.1, -0.05) is 24.3 Å². The highest BCUT2D eigenvalue weighted by molar-refractivity contribution is 5.94. The van der Waals surface area contributed by atoms with Crippen LogP contribution in [0.1, 0.15) is 27.9 Å². The second-order valence-electron chi connectivity index (χ2n) is 6.32. The Hall–Kier alpha value is -3.62. The van der Waals surface area contributed by atoms with Crippen molar-refractivity contribution in [1.82, 2.24) is 25.4 Å². The lowest BCUT2D eigenvalue weighted by atomic mass is 10.1. The number of benzene rings is 2. The normalized spacial score (nSPS) is 10.6. The van der Waals surface area contributed by atoms with Gasteiger partial charge in [-0.05, 0) is 23.3 Å². The molecular formula is C20H19F2N5O2. The van der Waals surface area contributed by atoms with Gasteiger partial charge in [0.25, 0.3) is 5.91 Å². The fraction of sp³-hybridized carbons (Fsp3) is 0.200. The second kappa shape index (κ2) is 9.54. The molecule has 2 N–H and O–H groups in total. The topological polar surface area (TPSA) is 88.9 Å². The number of carbonyl (C=O) groups excluding carboxylic acids is 2. The van der Waals surface area contributed by atoms with Crippen LogP contribution in [0.25, 0.3) is 0 Å². The highest BCUT2D eigenvalue weighted by Crippen LogP contribution is 2.09. The van der Waals surface area contributed by atoms with Crippen LogP contribution in [0.15, 0.2) is 55.1 Å². The van der Waals surface area contributed by atoms with Gasteiger partial charge in [-0.3, -0.25) is 9.59 Å². The van der Waals surface area contributed by atoms with E-state index < -0.39 is 17.5 Å². The number of carbonyl (C=O) groups is 2. The lowest BCUT2D eigenvalue weighted by Gasteiger charge is -2.08. The Labute approximate surface area is 165 Å². The third-order valence-electron chi connectivity index (χ3n) is 4.14. The van der Waals surface area contributed by atoms with E-state index in [0.29, 0.717) is 19.2 Å². The quantitative estimate of drug-likeness (QED) is 0.607. The minimum absolute atomic E-state index is 0.0400. The van der Waals surface area contributed by atoms with Gasteiger partial charge in [-0.15, -0.1) is 0 Å². The van der Waals surface area contributed by atoms with Crippen molar-refractivity contribution in [2.75, 3.05) is 6.54 Å². The lowest BCUT2D eigenvalue weighted by Crippen LogP contribution is -2.31. The Kier molecular flexibility index (Phi) is 6.62. The number of nitrogens with one attached hydrogen (secondary N) is 2. The zero-order chi connectivity index (χ0) is 20.6. The van der Waals surface area contributed by atoms with Crippen LogP contribution in [0.2, 0.25) is 0 Å². The molecule has 0 aliphatic carbocycles. The van der Waals surface area contributed by atoms with Crippen LogP contribution in [0.4, 0.5) is 8.78 Å². The van der Waals surface area contributed by atoms with Gasteiger partial charge in [-0.25, -0.2) is 18.4 Å². The first-order chi connectivity index (χ1) is 14.0. The van der Waals surface area contributed by atoms with Gasteiger partial charge in [0.1, 0.15) is 24.3 Å². The third-order valence-corrected chi connectivity index (χ3v) is 4.14. The molecule has 0 fully saturated rings. The number of rotatable bonds is 8. The number of nitrogens with zero attached hydrogens (tertiary/aromatic N) is 3. The van der Waals surface area contributed by atoms with E-state index in [1.807, 2.05) is 24.3 Å². The van der Waals surface area contributed by atoms with Crippen molar-refractivity contribution < 1.29 is 18.4 Å². The van der Waals surface area contributed by atoms with Crippen LogP contribution >= 0.6 is 0 Å². The molecule has 0 atom stereocenters. The molecule has 0 bridgehead atoms. The highest BCUT2D eigenvalue weighted by Gasteiger charge is 2.12. The second-order valence-corrected chi connectivity index (χ2v) is 6.32. The van der Waals surface area contributed by atoms with Crippen molar-refractivity contribution in [2.24, 2.45) is 0 Å². The minimum atomic E-state index is -0.945. The molecule has 3 rings (SSSR count). The molecule has 0 spiro atoms. The van der Waals surface area contributed by atoms with Crippen molar-refractivity contribution in [2.45, 2.75) is 19.5 Å². The Morgan fingerprint density at radius 1 is 1.00 bits per heavy atom. The monoisotopic (exact) mass is 399 g/mol. The maximum absolute atomic E-state index is 13.5. The van der Waals surface area contributed by atoms with Gasteiger partial charge in [-0.2, -0.15) is 5.10 Å². The molecule has 0 saturated heterocycles. The molecule has 1 heterocycles. The largest absolute Gasteiger partial charge is 0.352 e. The van der Waals surface area contributed by atoms with Gasteiger partial charge in [0, 0.05) is 25.6 Å². The fourth-order valence-corrected chi connectivity index (χ4v) is 2.61. The first kappa shape index (κ1) is 20.1. The van der Waals surface area contributed by atoms with Crippen LogP contribution in [0.3, 0.4) is 0 Å². The van der Waals surface area contributed by atoms with E-state index in [4.69, 9.17) is 0 Å². The summed E-state index contributed by atoms with van der Waals surface area (Å²) in [6.07, 6.45) is 3.15. The molecule has 3 aromatic rings. The summed E-state index contributed by atoms with van der Waals surface area (Å²) >= 11 is 0. The van der Waals surface area contributed by atoms with Crippen molar-refractivity contribution in [3.05, 3.63) is 83.4 Å². The van der Waals surface area contributed by atoms with Crippen LogP contribution in [-0.4, -0.2) is 33.1 Å². The Morgan fingerprint density at radius 2 is 1.76 bits per heavy atom. The molecule has 9 heteroatoms. The molecule has 29 heavy (non-hydrogen) atoms. The molecule has 1 aromatic heterocycles. The molecule has 150 valence electrons. The van der Waals surface area contributed by atoms with Crippen LogP contribution in [-0.2, 0) is 17.9 Å². The smallest absolute Gasteiger partial charge is 0.254 e. The van der Waals surface area contributed by atoms with E-state index in [2.05, 4.69) is 20.7 Å². The van der Waals surface area contributed by atoms with Gasteiger partial charge in [0.15, 0.2) is 0 Å². The summed E-state index contributed by atoms with van der Waals surface area (Å²) in [4.78, 5) is 27.7. The first-order valence-electron chi connectivity index (χ1n) is 8.91. The molecular weight excluding hydrogens is 380 g/mol. The maximum Gasteiger partial charge on any atom is 0.254 e. The maximum atomic E-state index is 13.5. The zero-order valence-electron chi connectivity index (χ0n) is 15.4. The number of hydrogen-bond acceptors (Lipinski definition) is 4. The van der Waals surface area contributed by atoms with Crippen molar-refractivity contribution >= 4 is 11.8 Å². The predicted molar refractivity (Wildman–Crippen MR) is 101 cm³/mol. The standard InChI is InChI=1S/C20H19F2N5O2/c21-16-5-6-17(18(22)9-16)20(29)24-8-7-19(28)25-10-14-1-3-15(4-2-14)11-27-13-23-12-26-27/h1-6,9,12-13H,7-8,10-11H2,(H,24,29)(H,25,28). The van der Waals surface area contributed by atoms with Gasteiger partial charge in [0.05, 0.1) is 12.1 Å². The summed E-state index contributed by atoms with van der Waals surface area (Å²) in [6.45, 7) is 1.00. The lowest BCUT2D eigenvalue weighted by molar-refractivity contribution is -0.121. The fourth-order valence-electron chi connectivity index (χ4n) is 2.61. The summed E-state index contributed by atoms with van der Waals surface area (Å²) in [5, 5.41) is 9.24. The summed E-state index contributed by atoms with van der Waals surface area (Å²) < 4.78 is 28.1. The SMILES string of the molecule is O=C(CCNC(=O)c1ccc(F)cc1F)NCc1ccc(Cn2cncn2)cc1. The highest BCUT2D eigenvalue weighted by atomic mass is 19.1. The summed E-state index contributed by atoms with van der Waals surface area (Å²) in [7, 11) is 0. The minimum Gasteiger partial charge on any atom is -0.352 e. The Morgan fingerprint density at radius 3 is 2.45 bits per heavy atom. The van der Waals surface area contributed by atoms with E-state index in [0.717, 1.165) is 23.3 Å². The Balaban J connectivity index is 1.39. The van der Waals surface area contributed by atoms with E-state index >= 15 is 0 Å². The van der Waals surface area contributed by atoms with Crippen molar-refractivity contribution in [3.8, 4) is 0 Å². The number of amides is 2. The molecule has 0 aliphatic rings. The number of halogens is 2. The molecule has 0 aliphatic heterocycles. The van der Waals surface area contributed by atoms with E-state index in [1.54, 1.807) is 11.0 Å². The third kappa shape index (κ3) is 5.93. The van der Waals surface area contributed by atoms with E-state index in [-0.39, 0.29) is 24.4 Å². The van der Waals surface area contributed by atoms with Crippen LogP contribution in [0.5, 0.6) is 0 Å². The van der Waals surface area contributed by atoms with Gasteiger partial charge >= 0.3 is 0 Å². The summed E-state index contributed by atoms with van der Waals surface area (Å²) in [6, 6.07) is 10.4. The van der Waals surface area contributed by atoms with E-state index in [1.165, 1.54) is 6.33 Å². The van der Waals surface area contributed by atoms with Crippen molar-refractivity contribution in [3.63, 3.8) is 0 Å². The first-order valence-corrected chi connectivity index (χ1v) is 8.91. The molecule has 2 amide bonds. The summed E-state index contributed by atoms with van der Waals surface area (Å²) in [5.74, 6) is -2.65. The molecule has 2 aromatic carbocycles. The van der Waals surface area contributed by atoms with Crippen LogP contribution in [0, 0.1) is 11.6 Å². The molecule has 0 saturated carbocycles. The average molecular weight is 399 g/mol. The van der Waals surface area contributed by atoms with Gasteiger partial charge in [0.2, 0.25) is 5.91 Å².